The molecule has 20 heavy (non-hydrogen) atoms. The van der Waals surface area contributed by atoms with Gasteiger partial charge in [-0.3, -0.25) is 0 Å². The molecule has 0 saturated carbocycles. The Bertz CT molecular complexity index is 510. The third-order valence-electron chi connectivity index (χ3n) is 3.47. The normalized spacial score (nSPS) is 12.1. The first kappa shape index (κ1) is 14.6. The summed E-state index contributed by atoms with van der Waals surface area (Å²) in [7, 11) is 0. The molecular formula is C18H23NO. The molecule has 2 rings (SSSR count). The molecule has 0 aliphatic rings. The zero-order chi connectivity index (χ0) is 14.2. The van der Waals surface area contributed by atoms with Crippen LogP contribution in [0.3, 0.4) is 0 Å². The molecule has 1 atom stereocenters. The number of hydrogen-bond donors (Lipinski definition) is 1. The summed E-state index contributed by atoms with van der Waals surface area (Å²) in [5.74, 6) is 0.926. The summed E-state index contributed by atoms with van der Waals surface area (Å²) in [6, 6.07) is 18.6. The number of benzene rings is 2. The largest absolute Gasteiger partial charge is 0.493 e. The van der Waals surface area contributed by atoms with Crippen molar-refractivity contribution in [1.82, 2.24) is 0 Å². The highest BCUT2D eigenvalue weighted by Crippen LogP contribution is 2.25. The average molecular weight is 269 g/mol. The van der Waals surface area contributed by atoms with Crippen molar-refractivity contribution in [3.8, 4) is 5.75 Å². The van der Waals surface area contributed by atoms with E-state index in [9.17, 15) is 0 Å². The van der Waals surface area contributed by atoms with Crippen LogP contribution < -0.4 is 10.5 Å². The van der Waals surface area contributed by atoms with E-state index in [-0.39, 0.29) is 6.04 Å². The van der Waals surface area contributed by atoms with Gasteiger partial charge in [0.2, 0.25) is 0 Å². The molecule has 2 heteroatoms. The van der Waals surface area contributed by atoms with Crippen molar-refractivity contribution < 1.29 is 4.74 Å². The Kier molecular flexibility index (Phi) is 5.63. The van der Waals surface area contributed by atoms with Gasteiger partial charge in [-0.2, -0.15) is 0 Å². The van der Waals surface area contributed by atoms with Crippen LogP contribution in [-0.2, 0) is 6.42 Å². The van der Waals surface area contributed by atoms with Crippen LogP contribution in [0.25, 0.3) is 0 Å². The van der Waals surface area contributed by atoms with Gasteiger partial charge in [0.15, 0.2) is 0 Å². The molecule has 0 amide bonds. The van der Waals surface area contributed by atoms with Crippen molar-refractivity contribution >= 4 is 0 Å². The fourth-order valence-corrected chi connectivity index (χ4v) is 2.24. The van der Waals surface area contributed by atoms with Crippen molar-refractivity contribution in [3.05, 3.63) is 65.7 Å². The quantitative estimate of drug-likeness (QED) is 0.768. The van der Waals surface area contributed by atoms with E-state index in [0.717, 1.165) is 37.2 Å². The molecule has 0 aliphatic heterocycles. The Labute approximate surface area is 121 Å². The number of ether oxygens (including phenoxy) is 1. The molecule has 2 nitrogen and oxygen atoms in total. The second kappa shape index (κ2) is 7.71. The Balaban J connectivity index is 1.85. The van der Waals surface area contributed by atoms with Gasteiger partial charge < -0.3 is 10.5 Å². The smallest absolute Gasteiger partial charge is 0.124 e. The average Bonchev–Trinajstić information content (AvgIpc) is 2.52. The third kappa shape index (κ3) is 4.10. The van der Waals surface area contributed by atoms with E-state index < -0.39 is 0 Å². The van der Waals surface area contributed by atoms with Crippen molar-refractivity contribution in [3.63, 3.8) is 0 Å². The molecule has 2 aromatic rings. The number of nitrogens with two attached hydrogens (primary N) is 1. The van der Waals surface area contributed by atoms with E-state index in [4.69, 9.17) is 10.5 Å². The predicted octanol–water partition coefficient (Wildman–Crippen LogP) is 4.11. The SMILES string of the molecule is CC[C@@H](N)c1ccccc1OCCCc1ccccc1. The first-order chi connectivity index (χ1) is 9.81. The minimum Gasteiger partial charge on any atom is -0.493 e. The maximum Gasteiger partial charge on any atom is 0.124 e. The monoisotopic (exact) mass is 269 g/mol. The van der Waals surface area contributed by atoms with Gasteiger partial charge in [-0.15, -0.1) is 0 Å². The zero-order valence-electron chi connectivity index (χ0n) is 12.1. The van der Waals surface area contributed by atoms with Gasteiger partial charge in [0.25, 0.3) is 0 Å². The zero-order valence-corrected chi connectivity index (χ0v) is 12.1. The van der Waals surface area contributed by atoms with Crippen molar-refractivity contribution in [2.24, 2.45) is 5.73 Å². The van der Waals surface area contributed by atoms with E-state index in [1.165, 1.54) is 5.56 Å². The lowest BCUT2D eigenvalue weighted by molar-refractivity contribution is 0.306. The van der Waals surface area contributed by atoms with Gasteiger partial charge in [-0.25, -0.2) is 0 Å². The minimum absolute atomic E-state index is 0.0559. The number of rotatable bonds is 7. The van der Waals surface area contributed by atoms with Crippen LogP contribution in [-0.4, -0.2) is 6.61 Å². The van der Waals surface area contributed by atoms with Crippen LogP contribution in [0.4, 0.5) is 0 Å². The highest BCUT2D eigenvalue weighted by molar-refractivity contribution is 5.35. The van der Waals surface area contributed by atoms with E-state index in [0.29, 0.717) is 0 Å². The lowest BCUT2D eigenvalue weighted by atomic mass is 10.0. The first-order valence-corrected chi connectivity index (χ1v) is 7.32. The Morgan fingerprint density at radius 2 is 1.70 bits per heavy atom. The second-order valence-electron chi connectivity index (χ2n) is 4.99. The van der Waals surface area contributed by atoms with E-state index in [1.807, 2.05) is 24.3 Å². The molecule has 0 spiro atoms. The molecule has 0 aliphatic carbocycles. The van der Waals surface area contributed by atoms with Crippen molar-refractivity contribution in [2.45, 2.75) is 32.2 Å². The predicted molar refractivity (Wildman–Crippen MR) is 83.9 cm³/mol. The lowest BCUT2D eigenvalue weighted by Crippen LogP contribution is -2.11. The second-order valence-corrected chi connectivity index (χ2v) is 4.99. The standard InChI is InChI=1S/C18H23NO/c1-2-17(19)16-12-6-7-13-18(16)20-14-8-11-15-9-4-3-5-10-15/h3-7,9-10,12-13,17H,2,8,11,14,19H2,1H3/t17-/m1/s1. The highest BCUT2D eigenvalue weighted by Gasteiger charge is 2.09. The summed E-state index contributed by atoms with van der Waals surface area (Å²) in [6.45, 7) is 2.82. The van der Waals surface area contributed by atoms with Gasteiger partial charge in [-0.05, 0) is 30.9 Å². The molecule has 0 aromatic heterocycles. The summed E-state index contributed by atoms with van der Waals surface area (Å²) in [4.78, 5) is 0. The molecule has 2 aromatic carbocycles. The fraction of sp³-hybridized carbons (Fsp3) is 0.333. The van der Waals surface area contributed by atoms with Crippen LogP contribution >= 0.6 is 0 Å². The molecule has 0 radical (unpaired) electrons. The Morgan fingerprint density at radius 1 is 1.00 bits per heavy atom. The van der Waals surface area contributed by atoms with Crippen molar-refractivity contribution in [1.29, 1.82) is 0 Å². The van der Waals surface area contributed by atoms with E-state index in [1.54, 1.807) is 0 Å². The third-order valence-corrected chi connectivity index (χ3v) is 3.47. The maximum atomic E-state index is 6.11. The van der Waals surface area contributed by atoms with Gasteiger partial charge in [0, 0.05) is 11.6 Å². The molecule has 0 unspecified atom stereocenters. The van der Waals surface area contributed by atoms with Crippen LogP contribution in [0, 0.1) is 0 Å². The number of hydrogen-bond acceptors (Lipinski definition) is 2. The van der Waals surface area contributed by atoms with E-state index >= 15 is 0 Å². The van der Waals surface area contributed by atoms with Crippen LogP contribution in [0.2, 0.25) is 0 Å². The number of aryl methyl sites for hydroxylation is 1. The molecule has 0 heterocycles. The van der Waals surface area contributed by atoms with Crippen LogP contribution in [0.5, 0.6) is 5.75 Å². The number of para-hydroxylation sites is 1. The van der Waals surface area contributed by atoms with E-state index in [2.05, 4.69) is 37.3 Å². The molecule has 0 fully saturated rings. The van der Waals surface area contributed by atoms with Gasteiger partial charge in [0.1, 0.15) is 5.75 Å². The summed E-state index contributed by atoms with van der Waals surface area (Å²) in [6.07, 6.45) is 2.98. The summed E-state index contributed by atoms with van der Waals surface area (Å²) >= 11 is 0. The van der Waals surface area contributed by atoms with Crippen LogP contribution in [0.15, 0.2) is 54.6 Å². The maximum absolute atomic E-state index is 6.11. The fourth-order valence-electron chi connectivity index (χ4n) is 2.24. The molecule has 2 N–H and O–H groups in total. The van der Waals surface area contributed by atoms with Gasteiger partial charge in [0.05, 0.1) is 6.61 Å². The summed E-state index contributed by atoms with van der Waals surface area (Å²) in [5, 5.41) is 0. The first-order valence-electron chi connectivity index (χ1n) is 7.32. The highest BCUT2D eigenvalue weighted by atomic mass is 16.5. The van der Waals surface area contributed by atoms with Gasteiger partial charge in [-0.1, -0.05) is 55.5 Å². The van der Waals surface area contributed by atoms with Crippen molar-refractivity contribution in [2.75, 3.05) is 6.61 Å². The summed E-state index contributed by atoms with van der Waals surface area (Å²) < 4.78 is 5.90. The lowest BCUT2D eigenvalue weighted by Gasteiger charge is -2.15. The van der Waals surface area contributed by atoms with Crippen LogP contribution in [0.1, 0.15) is 36.9 Å². The Morgan fingerprint density at radius 3 is 2.45 bits per heavy atom. The summed E-state index contributed by atoms with van der Waals surface area (Å²) in [5.41, 5.74) is 8.57. The molecule has 0 saturated heterocycles. The molecule has 0 bridgehead atoms. The Hall–Kier alpha value is -1.80. The molecular weight excluding hydrogens is 246 g/mol. The topological polar surface area (TPSA) is 35.2 Å². The van der Waals surface area contributed by atoms with Gasteiger partial charge >= 0.3 is 0 Å². The molecule has 106 valence electrons. The minimum atomic E-state index is 0.0559.